The zero-order chi connectivity index (χ0) is 31.5. The molecule has 5 nitrogen and oxygen atoms in total. The Bertz CT molecular complexity index is 1340. The van der Waals surface area contributed by atoms with E-state index in [0.717, 1.165) is 51.9 Å². The van der Waals surface area contributed by atoms with Gasteiger partial charge in [0.2, 0.25) is 0 Å². The van der Waals surface area contributed by atoms with Gasteiger partial charge in [-0.3, -0.25) is 9.98 Å². The van der Waals surface area contributed by atoms with Gasteiger partial charge in [0.15, 0.2) is 0 Å². The van der Waals surface area contributed by atoms with E-state index in [-0.39, 0.29) is 30.3 Å². The molecule has 0 bridgehead atoms. The van der Waals surface area contributed by atoms with Gasteiger partial charge in [-0.2, -0.15) is 0 Å². The SMILES string of the molecule is Cl.Cl.O.c1ccc(CCN(C2=NCCCCCC2)c2ccccc2)cc1.c1ccc(CCN(C2=NCCCCCC2)c2ccccc2)cc1. The van der Waals surface area contributed by atoms with Crippen molar-refractivity contribution in [2.24, 2.45) is 9.98 Å². The average Bonchev–Trinajstić information content (AvgIpc) is 3.08. The monoisotopic (exact) mass is 702 g/mol. The fourth-order valence-electron chi connectivity index (χ4n) is 6.31. The van der Waals surface area contributed by atoms with Gasteiger partial charge in [-0.15, -0.1) is 24.8 Å². The third-order valence-electron chi connectivity index (χ3n) is 8.90. The lowest BCUT2D eigenvalue weighted by atomic mass is 10.1. The summed E-state index contributed by atoms with van der Waals surface area (Å²) in [7, 11) is 0. The molecule has 49 heavy (non-hydrogen) atoms. The summed E-state index contributed by atoms with van der Waals surface area (Å²) in [6.07, 6.45) is 14.6. The van der Waals surface area contributed by atoms with E-state index in [0.29, 0.717) is 0 Å². The van der Waals surface area contributed by atoms with Crippen molar-refractivity contribution in [1.82, 2.24) is 0 Å². The van der Waals surface area contributed by atoms with Crippen LogP contribution in [0.2, 0.25) is 0 Å². The fraction of sp³-hybridized carbons (Fsp3) is 0.381. The first-order valence-electron chi connectivity index (χ1n) is 17.7. The maximum atomic E-state index is 4.91. The van der Waals surface area contributed by atoms with Crippen LogP contribution in [-0.4, -0.2) is 43.3 Å². The standard InChI is InChI=1S/2C21H26N2.2ClH.H2O/c2*1-2-10-17-22-21(15-9-1)23(20-13-7-4-8-14-20)18-16-19-11-5-3-6-12-19;;;/h2*3-8,11-14H,1-2,9-10,15-18H2;2*1H;1H2. The summed E-state index contributed by atoms with van der Waals surface area (Å²) in [5.74, 6) is 2.54. The van der Waals surface area contributed by atoms with Crippen LogP contribution in [0.15, 0.2) is 131 Å². The molecule has 6 rings (SSSR count). The second-order valence-electron chi connectivity index (χ2n) is 12.4. The van der Waals surface area contributed by atoms with Crippen molar-refractivity contribution in [3.8, 4) is 0 Å². The van der Waals surface area contributed by atoms with E-state index in [1.165, 1.54) is 85.5 Å². The smallest absolute Gasteiger partial charge is 0.103 e. The van der Waals surface area contributed by atoms with Crippen molar-refractivity contribution in [2.45, 2.75) is 77.0 Å². The molecular weight excluding hydrogens is 647 g/mol. The summed E-state index contributed by atoms with van der Waals surface area (Å²) < 4.78 is 0. The number of nitrogens with zero attached hydrogens (tertiary/aromatic N) is 4. The molecule has 264 valence electrons. The molecule has 4 aromatic carbocycles. The van der Waals surface area contributed by atoms with Crippen LogP contribution >= 0.6 is 24.8 Å². The predicted octanol–water partition coefficient (Wildman–Crippen LogP) is 10.2. The molecule has 2 heterocycles. The Balaban J connectivity index is 0.000000321. The number of anilines is 2. The fourth-order valence-corrected chi connectivity index (χ4v) is 6.31. The van der Waals surface area contributed by atoms with Gasteiger partial charge in [-0.25, -0.2) is 0 Å². The molecule has 4 aromatic rings. The number of benzene rings is 4. The molecule has 0 fully saturated rings. The van der Waals surface area contributed by atoms with Crippen LogP contribution in [-0.2, 0) is 12.8 Å². The van der Waals surface area contributed by atoms with Crippen LogP contribution in [0.3, 0.4) is 0 Å². The van der Waals surface area contributed by atoms with Crippen LogP contribution in [0.1, 0.15) is 75.3 Å². The average molecular weight is 704 g/mol. The first-order chi connectivity index (χ1) is 22.9. The summed E-state index contributed by atoms with van der Waals surface area (Å²) in [6, 6.07) is 42.9. The summed E-state index contributed by atoms with van der Waals surface area (Å²) in [5.41, 5.74) is 5.31. The quantitative estimate of drug-likeness (QED) is 0.183. The zero-order valence-electron chi connectivity index (χ0n) is 29.0. The van der Waals surface area contributed by atoms with Gasteiger partial charge >= 0.3 is 0 Å². The highest BCUT2D eigenvalue weighted by Crippen LogP contribution is 2.21. The molecule has 0 aromatic heterocycles. The molecule has 0 atom stereocenters. The highest BCUT2D eigenvalue weighted by Gasteiger charge is 2.16. The van der Waals surface area contributed by atoms with Crippen molar-refractivity contribution in [3.63, 3.8) is 0 Å². The van der Waals surface area contributed by atoms with Crippen molar-refractivity contribution in [3.05, 3.63) is 132 Å². The molecule has 0 unspecified atom stereocenters. The summed E-state index contributed by atoms with van der Waals surface area (Å²) >= 11 is 0. The third kappa shape index (κ3) is 14.4. The maximum Gasteiger partial charge on any atom is 0.103 e. The van der Waals surface area contributed by atoms with Crippen LogP contribution < -0.4 is 9.80 Å². The first kappa shape index (κ1) is 41.5. The van der Waals surface area contributed by atoms with Gasteiger partial charge < -0.3 is 15.3 Å². The summed E-state index contributed by atoms with van der Waals surface area (Å²) in [4.78, 5) is 14.7. The van der Waals surface area contributed by atoms with Crippen molar-refractivity contribution >= 4 is 47.9 Å². The zero-order valence-corrected chi connectivity index (χ0v) is 30.6. The first-order valence-corrected chi connectivity index (χ1v) is 17.7. The molecule has 2 aliphatic rings. The van der Waals surface area contributed by atoms with Gasteiger partial charge in [-0.05, 0) is 73.9 Å². The van der Waals surface area contributed by atoms with Gasteiger partial charge in [0.05, 0.1) is 0 Å². The second-order valence-corrected chi connectivity index (χ2v) is 12.4. The minimum Gasteiger partial charge on any atom is -0.412 e. The minimum atomic E-state index is 0. The highest BCUT2D eigenvalue weighted by molar-refractivity contribution is 5.98. The molecule has 2 N–H and O–H groups in total. The Labute approximate surface area is 307 Å². The normalized spacial score (nSPS) is 14.4. The van der Waals surface area contributed by atoms with Gasteiger partial charge in [0, 0.05) is 50.4 Å². The number of hydrogen-bond donors (Lipinski definition) is 0. The van der Waals surface area contributed by atoms with Gasteiger partial charge in [-0.1, -0.05) is 123 Å². The molecule has 0 aliphatic carbocycles. The number of halogens is 2. The molecule has 0 saturated heterocycles. The Kier molecular flexibility index (Phi) is 20.8. The van der Waals surface area contributed by atoms with E-state index in [1.54, 1.807) is 0 Å². The summed E-state index contributed by atoms with van der Waals surface area (Å²) in [5, 5.41) is 0. The second kappa shape index (κ2) is 24.5. The summed E-state index contributed by atoms with van der Waals surface area (Å²) in [6.45, 7) is 3.94. The van der Waals surface area contributed by atoms with E-state index in [9.17, 15) is 0 Å². The molecule has 0 spiro atoms. The van der Waals surface area contributed by atoms with Crippen LogP contribution in [0.5, 0.6) is 0 Å². The molecule has 0 saturated carbocycles. The van der Waals surface area contributed by atoms with E-state index >= 15 is 0 Å². The number of para-hydroxylation sites is 2. The number of rotatable bonds is 8. The molecule has 7 heteroatoms. The highest BCUT2D eigenvalue weighted by atomic mass is 35.5. The van der Waals surface area contributed by atoms with Gasteiger partial charge in [0.1, 0.15) is 11.7 Å². The Morgan fingerprint density at radius 2 is 0.735 bits per heavy atom. The Morgan fingerprint density at radius 3 is 1.10 bits per heavy atom. The molecule has 2 aliphatic heterocycles. The largest absolute Gasteiger partial charge is 0.412 e. The third-order valence-corrected chi connectivity index (χ3v) is 8.90. The molecular formula is C42H56Cl2N4O. The van der Waals surface area contributed by atoms with E-state index < -0.39 is 0 Å². The Hall–Kier alpha value is -3.64. The molecule has 0 amide bonds. The van der Waals surface area contributed by atoms with Gasteiger partial charge in [0.25, 0.3) is 0 Å². The van der Waals surface area contributed by atoms with Crippen molar-refractivity contribution in [2.75, 3.05) is 36.0 Å². The lowest BCUT2D eigenvalue weighted by Gasteiger charge is -2.27. The predicted molar refractivity (Wildman–Crippen MR) is 217 cm³/mol. The lowest BCUT2D eigenvalue weighted by molar-refractivity contribution is 0.638. The van der Waals surface area contributed by atoms with Crippen LogP contribution in [0, 0.1) is 0 Å². The minimum absolute atomic E-state index is 0. The van der Waals surface area contributed by atoms with Crippen molar-refractivity contribution < 1.29 is 5.48 Å². The molecule has 0 radical (unpaired) electrons. The Morgan fingerprint density at radius 1 is 0.408 bits per heavy atom. The topological polar surface area (TPSA) is 62.7 Å². The lowest BCUT2D eigenvalue weighted by Crippen LogP contribution is -2.33. The van der Waals surface area contributed by atoms with Crippen LogP contribution in [0.25, 0.3) is 0 Å². The number of amidine groups is 2. The van der Waals surface area contributed by atoms with E-state index in [4.69, 9.17) is 9.98 Å². The van der Waals surface area contributed by atoms with Crippen molar-refractivity contribution in [1.29, 1.82) is 0 Å². The van der Waals surface area contributed by atoms with E-state index in [2.05, 4.69) is 131 Å². The number of aliphatic imine (C=N–C) groups is 2. The maximum absolute atomic E-state index is 4.91. The number of hydrogen-bond acceptors (Lipinski definition) is 4. The van der Waals surface area contributed by atoms with Crippen LogP contribution in [0.4, 0.5) is 11.4 Å². The van der Waals surface area contributed by atoms with E-state index in [1.807, 2.05) is 0 Å².